The van der Waals surface area contributed by atoms with Crippen LogP contribution in [0.25, 0.3) is 0 Å². The van der Waals surface area contributed by atoms with Crippen LogP contribution in [0.1, 0.15) is 18.9 Å². The third-order valence-electron chi connectivity index (χ3n) is 1.24. The molecule has 50 valence electrons. The van der Waals surface area contributed by atoms with E-state index in [1.54, 1.807) is 0 Å². The van der Waals surface area contributed by atoms with Crippen molar-refractivity contribution in [2.24, 2.45) is 0 Å². The molecule has 1 aromatic carbocycles. The van der Waals surface area contributed by atoms with Gasteiger partial charge in [0, 0.05) is 19.5 Å². The molecule has 1 rings (SSSR count). The average molecular weight is 185 g/mol. The zero-order valence-corrected chi connectivity index (χ0v) is 9.35. The van der Waals surface area contributed by atoms with Crippen molar-refractivity contribution in [2.75, 3.05) is 0 Å². The Labute approximate surface area is 75.4 Å². The molecule has 0 aliphatic carbocycles. The van der Waals surface area contributed by atoms with Crippen LogP contribution >= 0.6 is 0 Å². The Morgan fingerprint density at radius 3 is 2.30 bits per heavy atom. The molecule has 0 heterocycles. The van der Waals surface area contributed by atoms with Crippen molar-refractivity contribution in [3.05, 3.63) is 42.3 Å². The number of hydrogen-bond donors (Lipinski definition) is 0. The van der Waals surface area contributed by atoms with E-state index in [2.05, 4.69) is 37.6 Å². The van der Waals surface area contributed by atoms with Gasteiger partial charge in [-0.25, -0.2) is 0 Å². The van der Waals surface area contributed by atoms with E-state index in [1.807, 2.05) is 6.07 Å². The van der Waals surface area contributed by atoms with Crippen molar-refractivity contribution in [2.45, 2.75) is 13.3 Å². The molecule has 0 atom stereocenters. The molecular weight excluding hydrogens is 173 g/mol. The molecule has 0 nitrogen and oxygen atoms in total. The summed E-state index contributed by atoms with van der Waals surface area (Å²) < 4.78 is 0. The van der Waals surface area contributed by atoms with E-state index in [0.29, 0.717) is 0 Å². The quantitative estimate of drug-likeness (QED) is 0.490. The van der Waals surface area contributed by atoms with Crippen molar-refractivity contribution in [3.63, 3.8) is 0 Å². The molecule has 0 amide bonds. The van der Waals surface area contributed by atoms with Crippen molar-refractivity contribution in [1.29, 1.82) is 0 Å². The van der Waals surface area contributed by atoms with Crippen molar-refractivity contribution < 1.29 is 19.5 Å². The molecule has 0 saturated heterocycles. The summed E-state index contributed by atoms with van der Waals surface area (Å²) in [6.07, 6.45) is 3.32. The minimum atomic E-state index is 0. The fourth-order valence-electron chi connectivity index (χ4n) is 0.825. The van der Waals surface area contributed by atoms with E-state index in [1.165, 1.54) is 5.56 Å². The second-order valence-electron chi connectivity index (χ2n) is 2.02. The fraction of sp³-hybridized carbons (Fsp3) is 0.222. The topological polar surface area (TPSA) is 0 Å². The van der Waals surface area contributed by atoms with Crippen molar-refractivity contribution in [1.82, 2.24) is 0 Å². The summed E-state index contributed by atoms with van der Waals surface area (Å²) >= 11 is 0. The molecule has 10 heavy (non-hydrogen) atoms. The Morgan fingerprint density at radius 2 is 1.80 bits per heavy atom. The van der Waals surface area contributed by atoms with Crippen LogP contribution in [0.3, 0.4) is 0 Å². The van der Waals surface area contributed by atoms with Gasteiger partial charge in [-0.2, -0.15) is 24.1 Å². The normalized spacial score (nSPS) is 8.10. The van der Waals surface area contributed by atoms with Gasteiger partial charge in [0.15, 0.2) is 0 Å². The van der Waals surface area contributed by atoms with Crippen LogP contribution in [0.4, 0.5) is 0 Å². The summed E-state index contributed by atoms with van der Waals surface area (Å²) in [6, 6.07) is 10.4. The minimum absolute atomic E-state index is 0. The predicted octanol–water partition coefficient (Wildman–Crippen LogP) is 2.65. The second-order valence-corrected chi connectivity index (χ2v) is 2.02. The third-order valence-corrected chi connectivity index (χ3v) is 1.24. The Kier molecular flexibility index (Phi) is 5.34. The molecule has 0 N–H and O–H groups in total. The zero-order chi connectivity index (χ0) is 6.53. The average Bonchev–Trinajstić information content (AvgIpc) is 1.91. The molecule has 0 fully saturated rings. The molecule has 0 aliphatic rings. The molecule has 1 heteroatoms. The first-order valence-corrected chi connectivity index (χ1v) is 3.31. The summed E-state index contributed by atoms with van der Waals surface area (Å²) in [6.45, 7) is 2.15. The van der Waals surface area contributed by atoms with Gasteiger partial charge in [-0.05, 0) is 0 Å². The summed E-state index contributed by atoms with van der Waals surface area (Å²) in [7, 11) is 0. The van der Waals surface area contributed by atoms with E-state index in [-0.39, 0.29) is 19.5 Å². The summed E-state index contributed by atoms with van der Waals surface area (Å²) in [5, 5.41) is 0. The minimum Gasteiger partial charge on any atom is -0.192 e. The zero-order valence-electron chi connectivity index (χ0n) is 6.38. The maximum Gasteiger partial charge on any atom is 0 e. The van der Waals surface area contributed by atoms with Gasteiger partial charge in [-0.15, -0.1) is 12.1 Å². The first-order chi connectivity index (χ1) is 4.43. The van der Waals surface area contributed by atoms with Gasteiger partial charge in [0.2, 0.25) is 0 Å². The molecular formula is C9H11Zn-. The molecule has 0 saturated carbocycles. The number of hydrogen-bond acceptors (Lipinski definition) is 0. The maximum atomic E-state index is 2.21. The molecule has 0 aliphatic heterocycles. The second kappa shape index (κ2) is 5.49. The molecule has 0 spiro atoms. The number of benzene rings is 1. The molecule has 0 unspecified atom stereocenters. The van der Waals surface area contributed by atoms with Crippen LogP contribution in [0.5, 0.6) is 0 Å². The fourth-order valence-corrected chi connectivity index (χ4v) is 0.825. The van der Waals surface area contributed by atoms with E-state index in [9.17, 15) is 0 Å². The molecule has 0 bridgehead atoms. The van der Waals surface area contributed by atoms with Gasteiger partial charge in [0.1, 0.15) is 0 Å². The first-order valence-electron chi connectivity index (χ1n) is 3.31. The number of rotatable bonds is 2. The Balaban J connectivity index is 0.000000810. The Morgan fingerprint density at radius 1 is 1.20 bits per heavy atom. The van der Waals surface area contributed by atoms with Gasteiger partial charge in [-0.1, -0.05) is 19.4 Å². The van der Waals surface area contributed by atoms with E-state index in [4.69, 9.17) is 0 Å². The van der Waals surface area contributed by atoms with Crippen LogP contribution in [-0.2, 0) is 19.5 Å². The monoisotopic (exact) mass is 183 g/mol. The van der Waals surface area contributed by atoms with Crippen LogP contribution in [0.2, 0.25) is 0 Å². The predicted molar refractivity (Wildman–Crippen MR) is 40.1 cm³/mol. The van der Waals surface area contributed by atoms with Crippen LogP contribution < -0.4 is 0 Å². The van der Waals surface area contributed by atoms with Gasteiger partial charge in [-0.3, -0.25) is 0 Å². The first kappa shape index (κ1) is 9.71. The summed E-state index contributed by atoms with van der Waals surface area (Å²) in [5.41, 5.74) is 1.32. The molecule has 1 aromatic rings. The van der Waals surface area contributed by atoms with Crippen molar-refractivity contribution in [3.8, 4) is 0 Å². The third kappa shape index (κ3) is 3.03. The van der Waals surface area contributed by atoms with E-state index in [0.717, 1.165) is 6.42 Å². The summed E-state index contributed by atoms with van der Waals surface area (Å²) in [5.74, 6) is 0. The SMILES string of the molecule is CC[CH-]c1ccccc1.[Zn]. The maximum absolute atomic E-state index is 2.21. The summed E-state index contributed by atoms with van der Waals surface area (Å²) in [4.78, 5) is 0. The van der Waals surface area contributed by atoms with E-state index >= 15 is 0 Å². The van der Waals surface area contributed by atoms with Gasteiger partial charge < -0.3 is 0 Å². The van der Waals surface area contributed by atoms with E-state index < -0.39 is 0 Å². The van der Waals surface area contributed by atoms with Crippen LogP contribution in [0, 0.1) is 6.42 Å². The largest absolute Gasteiger partial charge is 0.192 e. The standard InChI is InChI=1S/C9H11.Zn/c1-2-6-9-7-4-3-5-8-9;/h3-8H,2H2,1H3;/q-1;. The van der Waals surface area contributed by atoms with Gasteiger partial charge >= 0.3 is 0 Å². The Hall–Kier alpha value is -0.287. The van der Waals surface area contributed by atoms with Crippen LogP contribution in [0.15, 0.2) is 30.3 Å². The van der Waals surface area contributed by atoms with Gasteiger partial charge in [0.25, 0.3) is 0 Å². The van der Waals surface area contributed by atoms with Crippen LogP contribution in [-0.4, -0.2) is 0 Å². The van der Waals surface area contributed by atoms with Gasteiger partial charge in [0.05, 0.1) is 0 Å². The Bertz CT molecular complexity index is 158. The molecule has 0 aromatic heterocycles. The van der Waals surface area contributed by atoms with Crippen molar-refractivity contribution >= 4 is 0 Å². The molecule has 0 radical (unpaired) electrons. The smallest absolute Gasteiger partial charge is 0 e.